The Morgan fingerprint density at radius 1 is 1.50 bits per heavy atom. The highest BCUT2D eigenvalue weighted by Crippen LogP contribution is 2.28. The van der Waals surface area contributed by atoms with Gasteiger partial charge in [-0.3, -0.25) is 9.69 Å². The molecule has 0 unspecified atom stereocenters. The Bertz CT molecular complexity index is 502. The summed E-state index contributed by atoms with van der Waals surface area (Å²) >= 11 is 6.04. The molecule has 1 aliphatic heterocycles. The number of hydrogen-bond acceptors (Lipinski definition) is 3. The van der Waals surface area contributed by atoms with Gasteiger partial charge in [0.25, 0.3) is 0 Å². The first-order valence-electron chi connectivity index (χ1n) is 6.93. The van der Waals surface area contributed by atoms with Gasteiger partial charge in [-0.25, -0.2) is 0 Å². The van der Waals surface area contributed by atoms with Crippen LogP contribution >= 0.6 is 11.6 Å². The van der Waals surface area contributed by atoms with Gasteiger partial charge in [-0.2, -0.15) is 0 Å². The minimum atomic E-state index is -0.0461. The monoisotopic (exact) mass is 295 g/mol. The molecule has 0 spiro atoms. The second-order valence-electron chi connectivity index (χ2n) is 6.27. The van der Waals surface area contributed by atoms with Crippen molar-refractivity contribution < 1.29 is 4.79 Å². The van der Waals surface area contributed by atoms with Crippen molar-refractivity contribution in [3.63, 3.8) is 0 Å². The standard InChI is InChI=1S/C15H22ClN3O/c1-15(2)6-3-7-19(10-15)9-14(20)18-13-8-11(17)4-5-12(13)16/h4-5,8H,3,6-7,9-10,17H2,1-2H3,(H,18,20). The maximum Gasteiger partial charge on any atom is 0.238 e. The van der Waals surface area contributed by atoms with Crippen LogP contribution in [0.1, 0.15) is 26.7 Å². The predicted molar refractivity (Wildman–Crippen MR) is 83.9 cm³/mol. The maximum atomic E-state index is 12.1. The molecule has 0 aromatic heterocycles. The highest BCUT2D eigenvalue weighted by Gasteiger charge is 2.27. The maximum absolute atomic E-state index is 12.1. The molecule has 110 valence electrons. The lowest BCUT2D eigenvalue weighted by Crippen LogP contribution is -2.43. The van der Waals surface area contributed by atoms with E-state index in [0.29, 0.717) is 22.9 Å². The van der Waals surface area contributed by atoms with Gasteiger partial charge >= 0.3 is 0 Å². The topological polar surface area (TPSA) is 58.4 Å². The molecule has 2 rings (SSSR count). The van der Waals surface area contributed by atoms with Crippen LogP contribution in [0.2, 0.25) is 5.02 Å². The predicted octanol–water partition coefficient (Wildman–Crippen LogP) is 2.98. The average Bonchev–Trinajstić information content (AvgIpc) is 2.32. The Hall–Kier alpha value is -1.26. The van der Waals surface area contributed by atoms with Crippen LogP contribution in [0, 0.1) is 5.41 Å². The van der Waals surface area contributed by atoms with E-state index in [2.05, 4.69) is 24.1 Å². The van der Waals surface area contributed by atoms with Gasteiger partial charge in [-0.05, 0) is 43.0 Å². The summed E-state index contributed by atoms with van der Waals surface area (Å²) in [5.74, 6) is -0.0461. The van der Waals surface area contributed by atoms with Crippen molar-refractivity contribution in [3.8, 4) is 0 Å². The van der Waals surface area contributed by atoms with Crippen molar-refractivity contribution in [3.05, 3.63) is 23.2 Å². The molecule has 20 heavy (non-hydrogen) atoms. The van der Waals surface area contributed by atoms with Crippen molar-refractivity contribution in [1.29, 1.82) is 0 Å². The van der Waals surface area contributed by atoms with E-state index in [1.54, 1.807) is 18.2 Å². The van der Waals surface area contributed by atoms with Gasteiger partial charge in [0.05, 0.1) is 17.3 Å². The number of carbonyl (C=O) groups is 1. The summed E-state index contributed by atoms with van der Waals surface area (Å²) in [6, 6.07) is 5.09. The third-order valence-electron chi connectivity index (χ3n) is 3.61. The molecule has 1 aromatic carbocycles. The van der Waals surface area contributed by atoms with Gasteiger partial charge in [0.15, 0.2) is 0 Å². The summed E-state index contributed by atoms with van der Waals surface area (Å²) < 4.78 is 0. The van der Waals surface area contributed by atoms with Crippen molar-refractivity contribution in [2.45, 2.75) is 26.7 Å². The number of likely N-dealkylation sites (tertiary alicyclic amines) is 1. The molecule has 1 amide bonds. The molecule has 0 saturated carbocycles. The fraction of sp³-hybridized carbons (Fsp3) is 0.533. The number of carbonyl (C=O) groups excluding carboxylic acids is 1. The summed E-state index contributed by atoms with van der Waals surface area (Å²) in [5, 5.41) is 3.34. The molecular formula is C15H22ClN3O. The van der Waals surface area contributed by atoms with Crippen molar-refractivity contribution in [2.24, 2.45) is 5.41 Å². The second-order valence-corrected chi connectivity index (χ2v) is 6.67. The Morgan fingerprint density at radius 2 is 2.25 bits per heavy atom. The molecule has 0 aliphatic carbocycles. The molecule has 0 atom stereocenters. The molecule has 1 saturated heterocycles. The van der Waals surface area contributed by atoms with Crippen LogP contribution in [0.3, 0.4) is 0 Å². The number of nitrogen functional groups attached to an aromatic ring is 1. The van der Waals surface area contributed by atoms with Crippen molar-refractivity contribution >= 4 is 28.9 Å². The molecule has 4 nitrogen and oxygen atoms in total. The summed E-state index contributed by atoms with van der Waals surface area (Å²) in [6.45, 7) is 6.80. The van der Waals surface area contributed by atoms with Crippen LogP contribution in [0.5, 0.6) is 0 Å². The highest BCUT2D eigenvalue weighted by molar-refractivity contribution is 6.33. The van der Waals surface area contributed by atoms with Crippen LogP contribution in [0.4, 0.5) is 11.4 Å². The number of nitrogens with zero attached hydrogens (tertiary/aromatic N) is 1. The number of anilines is 2. The van der Waals surface area contributed by atoms with E-state index in [0.717, 1.165) is 19.5 Å². The zero-order chi connectivity index (χ0) is 14.8. The molecule has 3 N–H and O–H groups in total. The minimum Gasteiger partial charge on any atom is -0.399 e. The van der Waals surface area contributed by atoms with E-state index in [9.17, 15) is 4.79 Å². The highest BCUT2D eigenvalue weighted by atomic mass is 35.5. The van der Waals surface area contributed by atoms with Gasteiger partial charge in [0, 0.05) is 12.2 Å². The Balaban J connectivity index is 1.94. The molecule has 1 heterocycles. The normalized spacial score (nSPS) is 18.8. The summed E-state index contributed by atoms with van der Waals surface area (Å²) in [4.78, 5) is 14.3. The first-order valence-corrected chi connectivity index (χ1v) is 7.31. The molecule has 0 bridgehead atoms. The quantitative estimate of drug-likeness (QED) is 0.843. The number of nitrogens with one attached hydrogen (secondary N) is 1. The Kier molecular flexibility index (Phi) is 4.55. The lowest BCUT2D eigenvalue weighted by molar-refractivity contribution is -0.118. The lowest BCUT2D eigenvalue weighted by atomic mass is 9.84. The van der Waals surface area contributed by atoms with Gasteiger partial charge in [0.2, 0.25) is 5.91 Å². The molecule has 1 aliphatic rings. The van der Waals surface area contributed by atoms with Crippen molar-refractivity contribution in [2.75, 3.05) is 30.7 Å². The largest absolute Gasteiger partial charge is 0.399 e. The summed E-state index contributed by atoms with van der Waals surface area (Å²) in [5.41, 5.74) is 7.15. The molecule has 0 radical (unpaired) electrons. The number of hydrogen-bond donors (Lipinski definition) is 2. The van der Waals surface area contributed by atoms with Crippen molar-refractivity contribution in [1.82, 2.24) is 4.90 Å². The van der Waals surface area contributed by atoms with E-state index in [4.69, 9.17) is 17.3 Å². The Morgan fingerprint density at radius 3 is 2.95 bits per heavy atom. The fourth-order valence-electron chi connectivity index (χ4n) is 2.71. The van der Waals surface area contributed by atoms with E-state index in [1.165, 1.54) is 6.42 Å². The molecular weight excluding hydrogens is 274 g/mol. The zero-order valence-electron chi connectivity index (χ0n) is 12.1. The average molecular weight is 296 g/mol. The number of amides is 1. The zero-order valence-corrected chi connectivity index (χ0v) is 12.8. The third kappa shape index (κ3) is 4.12. The Labute approximate surface area is 125 Å². The van der Waals surface area contributed by atoms with E-state index in [-0.39, 0.29) is 11.3 Å². The lowest BCUT2D eigenvalue weighted by Gasteiger charge is -2.37. The first-order chi connectivity index (χ1) is 9.35. The van der Waals surface area contributed by atoms with Gasteiger partial charge in [-0.1, -0.05) is 25.4 Å². The van der Waals surface area contributed by atoms with Crippen LogP contribution in [0.15, 0.2) is 18.2 Å². The summed E-state index contributed by atoms with van der Waals surface area (Å²) in [7, 11) is 0. The van der Waals surface area contributed by atoms with Crippen LogP contribution in [-0.2, 0) is 4.79 Å². The van der Waals surface area contributed by atoms with Gasteiger partial charge < -0.3 is 11.1 Å². The SMILES string of the molecule is CC1(C)CCCN(CC(=O)Nc2cc(N)ccc2Cl)C1. The number of piperidine rings is 1. The second kappa shape index (κ2) is 6.02. The van der Waals surface area contributed by atoms with E-state index in [1.807, 2.05) is 0 Å². The number of nitrogens with two attached hydrogens (primary N) is 1. The van der Waals surface area contributed by atoms with Crippen LogP contribution in [-0.4, -0.2) is 30.4 Å². The van der Waals surface area contributed by atoms with E-state index < -0.39 is 0 Å². The van der Waals surface area contributed by atoms with Crippen LogP contribution in [0.25, 0.3) is 0 Å². The molecule has 5 heteroatoms. The smallest absolute Gasteiger partial charge is 0.238 e. The van der Waals surface area contributed by atoms with E-state index >= 15 is 0 Å². The van der Waals surface area contributed by atoms with Gasteiger partial charge in [-0.15, -0.1) is 0 Å². The number of rotatable bonds is 3. The third-order valence-corrected chi connectivity index (χ3v) is 3.94. The summed E-state index contributed by atoms with van der Waals surface area (Å²) in [6.07, 6.45) is 2.35. The minimum absolute atomic E-state index is 0.0461. The first kappa shape index (κ1) is 15.1. The molecule has 1 fully saturated rings. The number of halogens is 1. The molecule has 1 aromatic rings. The van der Waals surface area contributed by atoms with Crippen LogP contribution < -0.4 is 11.1 Å². The van der Waals surface area contributed by atoms with Gasteiger partial charge in [0.1, 0.15) is 0 Å². The fourth-order valence-corrected chi connectivity index (χ4v) is 2.88. The number of benzene rings is 1.